The average molecular weight is 487 g/mol. The fourth-order valence-corrected chi connectivity index (χ4v) is 5.74. The average Bonchev–Trinajstić information content (AvgIpc) is 3.42. The van der Waals surface area contributed by atoms with E-state index in [4.69, 9.17) is 4.74 Å². The fourth-order valence-electron chi connectivity index (χ4n) is 4.24. The lowest BCUT2D eigenvalue weighted by molar-refractivity contribution is -0.126. The first-order valence-corrected chi connectivity index (χ1v) is 12.6. The molecule has 1 atom stereocenters. The second kappa shape index (κ2) is 9.59. The van der Waals surface area contributed by atoms with Crippen LogP contribution in [0.4, 0.5) is 0 Å². The molecule has 1 aromatic carbocycles. The van der Waals surface area contributed by atoms with E-state index >= 15 is 0 Å². The number of para-hydroxylation sites is 1. The lowest BCUT2D eigenvalue weighted by atomic mass is 9.96. The molecule has 1 N–H and O–H groups in total. The first-order chi connectivity index (χ1) is 16.2. The first kappa shape index (κ1) is 24.0. The van der Waals surface area contributed by atoms with E-state index in [-0.39, 0.29) is 29.9 Å². The number of nitrogens with zero attached hydrogens (tertiary/aromatic N) is 5. The zero-order valence-electron chi connectivity index (χ0n) is 19.8. The molecule has 0 aliphatic carbocycles. The summed E-state index contributed by atoms with van der Waals surface area (Å²) in [5, 5.41) is 3.17. The number of ether oxygens (including phenoxy) is 1. The van der Waals surface area contributed by atoms with Gasteiger partial charge in [-0.3, -0.25) is 4.79 Å². The number of aryl methyl sites for hydroxylation is 3. The molecule has 34 heavy (non-hydrogen) atoms. The van der Waals surface area contributed by atoms with Gasteiger partial charge in [0.05, 0.1) is 7.11 Å². The second-order valence-corrected chi connectivity index (χ2v) is 10.4. The molecule has 1 fully saturated rings. The number of carbonyl (C=O) groups is 1. The number of sulfonamides is 1. The lowest BCUT2D eigenvalue weighted by Gasteiger charge is -2.31. The van der Waals surface area contributed by atoms with Crippen LogP contribution in [-0.4, -0.2) is 57.9 Å². The van der Waals surface area contributed by atoms with E-state index in [0.29, 0.717) is 30.2 Å². The van der Waals surface area contributed by atoms with Crippen LogP contribution in [0.3, 0.4) is 0 Å². The minimum atomic E-state index is -3.69. The largest absolute Gasteiger partial charge is 0.496 e. The van der Waals surface area contributed by atoms with Crippen molar-refractivity contribution in [2.75, 3.05) is 20.2 Å². The van der Waals surface area contributed by atoms with Crippen LogP contribution in [0.25, 0.3) is 0 Å². The van der Waals surface area contributed by atoms with Crippen molar-refractivity contribution in [3.63, 3.8) is 0 Å². The Hall–Kier alpha value is -3.18. The van der Waals surface area contributed by atoms with E-state index in [1.165, 1.54) is 10.5 Å². The Labute approximate surface area is 199 Å². The second-order valence-electron chi connectivity index (χ2n) is 8.50. The summed E-state index contributed by atoms with van der Waals surface area (Å²) in [6.45, 7) is 2.28. The van der Waals surface area contributed by atoms with Crippen LogP contribution in [0.5, 0.6) is 5.75 Å². The van der Waals surface area contributed by atoms with Crippen molar-refractivity contribution in [2.45, 2.75) is 30.8 Å². The highest BCUT2D eigenvalue weighted by Gasteiger charge is 2.35. The third-order valence-electron chi connectivity index (χ3n) is 6.37. The molecule has 3 aromatic rings. The Balaban J connectivity index is 1.49. The van der Waals surface area contributed by atoms with E-state index in [2.05, 4.69) is 15.3 Å². The van der Waals surface area contributed by atoms with Crippen LogP contribution in [0.2, 0.25) is 0 Å². The van der Waals surface area contributed by atoms with Crippen LogP contribution >= 0.6 is 0 Å². The Morgan fingerprint density at radius 3 is 2.47 bits per heavy atom. The van der Waals surface area contributed by atoms with E-state index in [1.54, 1.807) is 31.8 Å². The number of amides is 1. The molecule has 182 valence electrons. The molecule has 10 nitrogen and oxygen atoms in total. The van der Waals surface area contributed by atoms with Crippen LogP contribution in [0, 0.1) is 12.8 Å². The number of piperidine rings is 1. The van der Waals surface area contributed by atoms with E-state index in [9.17, 15) is 13.2 Å². The van der Waals surface area contributed by atoms with E-state index < -0.39 is 16.1 Å². The lowest BCUT2D eigenvalue weighted by Crippen LogP contribution is -2.44. The van der Waals surface area contributed by atoms with Gasteiger partial charge in [-0.25, -0.2) is 18.4 Å². The molecule has 4 rings (SSSR count). The van der Waals surface area contributed by atoms with Crippen molar-refractivity contribution in [1.29, 1.82) is 0 Å². The van der Waals surface area contributed by atoms with Gasteiger partial charge in [-0.2, -0.15) is 4.31 Å². The highest BCUT2D eigenvalue weighted by atomic mass is 32.2. The van der Waals surface area contributed by atoms with Crippen molar-refractivity contribution in [3.05, 3.63) is 60.1 Å². The number of hydrogen-bond acceptors (Lipinski definition) is 6. The summed E-state index contributed by atoms with van der Waals surface area (Å²) < 4.78 is 36.4. The summed E-state index contributed by atoms with van der Waals surface area (Å²) >= 11 is 0. The molecule has 11 heteroatoms. The molecular formula is C23H30N6O4S. The SMILES string of the molecule is COc1ccccc1C(NC(=O)C1CCN(S(=O)(=O)c2cn(C)c(C)n2)CC1)c1nccn1C. The van der Waals surface area contributed by atoms with Gasteiger partial charge in [0.15, 0.2) is 5.03 Å². The smallest absolute Gasteiger partial charge is 0.262 e. The fraction of sp³-hybridized carbons (Fsp3) is 0.435. The molecular weight excluding hydrogens is 456 g/mol. The quantitative estimate of drug-likeness (QED) is 0.545. The maximum Gasteiger partial charge on any atom is 0.262 e. The number of carbonyl (C=O) groups excluding carboxylic acids is 1. The summed E-state index contributed by atoms with van der Waals surface area (Å²) in [6.07, 6.45) is 5.89. The van der Waals surface area contributed by atoms with Crippen molar-refractivity contribution in [1.82, 2.24) is 28.7 Å². The van der Waals surface area contributed by atoms with Gasteiger partial charge in [0.1, 0.15) is 23.4 Å². The number of hydrogen-bond donors (Lipinski definition) is 1. The van der Waals surface area contributed by atoms with Crippen molar-refractivity contribution in [2.24, 2.45) is 20.0 Å². The van der Waals surface area contributed by atoms with Crippen molar-refractivity contribution < 1.29 is 17.9 Å². The van der Waals surface area contributed by atoms with Gasteiger partial charge in [-0.05, 0) is 25.8 Å². The van der Waals surface area contributed by atoms with Crippen LogP contribution in [-0.2, 0) is 28.9 Å². The Morgan fingerprint density at radius 1 is 1.18 bits per heavy atom. The third-order valence-corrected chi connectivity index (χ3v) is 8.14. The maximum absolute atomic E-state index is 13.3. The maximum atomic E-state index is 13.3. The number of benzene rings is 1. The zero-order valence-corrected chi connectivity index (χ0v) is 20.6. The third kappa shape index (κ3) is 4.58. The minimum absolute atomic E-state index is 0.0430. The molecule has 1 saturated heterocycles. The highest BCUT2D eigenvalue weighted by molar-refractivity contribution is 7.89. The number of aromatic nitrogens is 4. The standard InChI is InChI=1S/C23H30N6O4S/c1-16-25-20(15-28(16)3)34(31,32)29-12-9-17(10-13-29)23(30)26-21(22-24-11-14-27(22)2)18-7-5-6-8-19(18)33-4/h5-8,11,14-15,17,21H,9-10,12-13H2,1-4H3,(H,26,30). The van der Waals surface area contributed by atoms with Crippen LogP contribution in [0.15, 0.2) is 47.9 Å². The summed E-state index contributed by atoms with van der Waals surface area (Å²) in [5.41, 5.74) is 0.804. The molecule has 2 aromatic heterocycles. The van der Waals surface area contributed by atoms with Gasteiger partial charge >= 0.3 is 0 Å². The van der Waals surface area contributed by atoms with Gasteiger partial charge in [-0.15, -0.1) is 0 Å². The predicted octanol–water partition coefficient (Wildman–Crippen LogP) is 1.78. The molecule has 0 bridgehead atoms. The van der Waals surface area contributed by atoms with Crippen molar-refractivity contribution in [3.8, 4) is 5.75 Å². The molecule has 0 spiro atoms. The normalized spacial score (nSPS) is 16.4. The van der Waals surface area contributed by atoms with Gasteiger partial charge in [0.25, 0.3) is 10.0 Å². The van der Waals surface area contributed by atoms with E-state index in [1.807, 2.05) is 42.1 Å². The summed E-state index contributed by atoms with van der Waals surface area (Å²) in [4.78, 5) is 21.9. The van der Waals surface area contributed by atoms with Crippen molar-refractivity contribution >= 4 is 15.9 Å². The Morgan fingerprint density at radius 2 is 1.88 bits per heavy atom. The molecule has 0 saturated carbocycles. The number of methoxy groups -OCH3 is 1. The first-order valence-electron chi connectivity index (χ1n) is 11.1. The topological polar surface area (TPSA) is 111 Å². The summed E-state index contributed by atoms with van der Waals surface area (Å²) in [5.74, 6) is 1.52. The highest BCUT2D eigenvalue weighted by Crippen LogP contribution is 2.30. The van der Waals surface area contributed by atoms with Gasteiger partial charge in [-0.1, -0.05) is 18.2 Å². The van der Waals surface area contributed by atoms with Gasteiger partial charge < -0.3 is 19.2 Å². The Bertz CT molecular complexity index is 1250. The molecule has 1 aliphatic rings. The molecule has 1 amide bonds. The Kier molecular flexibility index (Phi) is 6.76. The monoisotopic (exact) mass is 486 g/mol. The number of rotatable bonds is 7. The summed E-state index contributed by atoms with van der Waals surface area (Å²) in [7, 11) is 1.54. The van der Waals surface area contributed by atoms with Crippen LogP contribution < -0.4 is 10.1 Å². The minimum Gasteiger partial charge on any atom is -0.496 e. The molecule has 1 aliphatic heterocycles. The predicted molar refractivity (Wildman–Crippen MR) is 126 cm³/mol. The number of imidazole rings is 2. The molecule has 3 heterocycles. The van der Waals surface area contributed by atoms with Gasteiger partial charge in [0.2, 0.25) is 5.91 Å². The number of nitrogens with one attached hydrogen (secondary N) is 1. The van der Waals surface area contributed by atoms with Crippen LogP contribution in [0.1, 0.15) is 36.1 Å². The van der Waals surface area contributed by atoms with Gasteiger partial charge in [0, 0.05) is 57.3 Å². The summed E-state index contributed by atoms with van der Waals surface area (Å²) in [6, 6.07) is 7.02. The molecule has 1 unspecified atom stereocenters. The van der Waals surface area contributed by atoms with E-state index in [0.717, 1.165) is 5.56 Å². The zero-order chi connectivity index (χ0) is 24.5. The molecule has 0 radical (unpaired) electrons.